The van der Waals surface area contributed by atoms with Crippen LogP contribution in [-0.2, 0) is 17.5 Å². The van der Waals surface area contributed by atoms with Gasteiger partial charge in [-0.25, -0.2) is 5.43 Å². The van der Waals surface area contributed by atoms with Crippen LogP contribution < -0.4 is 5.43 Å². The van der Waals surface area contributed by atoms with E-state index in [1.807, 2.05) is 23.6 Å². The maximum Gasteiger partial charge on any atom is 0.416 e. The van der Waals surface area contributed by atoms with Crippen LogP contribution in [0.3, 0.4) is 0 Å². The molecule has 31 heavy (non-hydrogen) atoms. The van der Waals surface area contributed by atoms with Gasteiger partial charge in [-0.15, -0.1) is 10.2 Å². The van der Waals surface area contributed by atoms with Crippen LogP contribution in [-0.4, -0.2) is 32.6 Å². The molecule has 0 saturated heterocycles. The van der Waals surface area contributed by atoms with Crippen LogP contribution in [0.25, 0.3) is 11.4 Å². The first-order valence-corrected chi connectivity index (χ1v) is 10.5. The van der Waals surface area contributed by atoms with Crippen molar-refractivity contribution in [1.82, 2.24) is 20.2 Å². The summed E-state index contributed by atoms with van der Waals surface area (Å²) in [5.41, 5.74) is 2.88. The standard InChI is InChI=1S/C20H17ClF3N5OS/c1-2-29-18(14-5-9-16(21)10-6-14)27-28-19(29)31-12-17(30)26-25-11-13-3-7-15(8-4-13)20(22,23)24/h3-11H,2,12H2,1H3,(H,26,30)/b25-11+. The third kappa shape index (κ3) is 6.08. The number of thioether (sulfide) groups is 1. The predicted molar refractivity (Wildman–Crippen MR) is 114 cm³/mol. The molecule has 2 aromatic carbocycles. The summed E-state index contributed by atoms with van der Waals surface area (Å²) in [6, 6.07) is 11.7. The van der Waals surface area contributed by atoms with Crippen LogP contribution in [0.2, 0.25) is 5.02 Å². The molecule has 0 radical (unpaired) electrons. The summed E-state index contributed by atoms with van der Waals surface area (Å²) in [5.74, 6) is 0.331. The molecular weight excluding hydrogens is 451 g/mol. The third-order valence-electron chi connectivity index (χ3n) is 4.11. The van der Waals surface area contributed by atoms with Crippen molar-refractivity contribution in [1.29, 1.82) is 0 Å². The summed E-state index contributed by atoms with van der Waals surface area (Å²) >= 11 is 7.12. The SMILES string of the molecule is CCn1c(SCC(=O)N/N=C/c2ccc(C(F)(F)F)cc2)nnc1-c1ccc(Cl)cc1. The minimum atomic E-state index is -4.40. The number of aromatic nitrogens is 3. The second kappa shape index (κ2) is 9.97. The quantitative estimate of drug-likeness (QED) is 0.305. The summed E-state index contributed by atoms with van der Waals surface area (Å²) < 4.78 is 39.6. The first-order chi connectivity index (χ1) is 14.8. The van der Waals surface area contributed by atoms with Gasteiger partial charge in [0, 0.05) is 17.1 Å². The maximum absolute atomic E-state index is 12.6. The summed E-state index contributed by atoms with van der Waals surface area (Å²) in [7, 11) is 0. The van der Waals surface area contributed by atoms with Gasteiger partial charge in [0.15, 0.2) is 11.0 Å². The van der Waals surface area contributed by atoms with Crippen molar-refractivity contribution in [2.75, 3.05) is 5.75 Å². The number of carbonyl (C=O) groups is 1. The average Bonchev–Trinajstić information content (AvgIpc) is 3.15. The Hall–Kier alpha value is -2.85. The topological polar surface area (TPSA) is 72.2 Å². The molecule has 1 N–H and O–H groups in total. The number of amides is 1. The van der Waals surface area contributed by atoms with Crippen LogP contribution in [0.5, 0.6) is 0 Å². The van der Waals surface area contributed by atoms with Gasteiger partial charge in [-0.2, -0.15) is 18.3 Å². The Morgan fingerprint density at radius 2 is 1.84 bits per heavy atom. The van der Waals surface area contributed by atoms with Crippen LogP contribution >= 0.6 is 23.4 Å². The van der Waals surface area contributed by atoms with Gasteiger partial charge in [-0.3, -0.25) is 4.79 Å². The van der Waals surface area contributed by atoms with E-state index in [0.717, 1.165) is 17.7 Å². The highest BCUT2D eigenvalue weighted by Gasteiger charge is 2.29. The minimum absolute atomic E-state index is 0.0447. The highest BCUT2D eigenvalue weighted by atomic mass is 35.5. The van der Waals surface area contributed by atoms with Gasteiger partial charge in [0.1, 0.15) is 0 Å². The zero-order chi connectivity index (χ0) is 22.4. The molecule has 0 aliphatic rings. The fourth-order valence-electron chi connectivity index (χ4n) is 2.59. The molecule has 3 rings (SSSR count). The maximum atomic E-state index is 12.6. The molecule has 11 heteroatoms. The van der Waals surface area contributed by atoms with Crippen molar-refractivity contribution >= 4 is 35.5 Å². The lowest BCUT2D eigenvalue weighted by molar-refractivity contribution is -0.137. The lowest BCUT2D eigenvalue weighted by atomic mass is 10.1. The number of halogens is 4. The van der Waals surface area contributed by atoms with Gasteiger partial charge >= 0.3 is 6.18 Å². The Bertz CT molecular complexity index is 1070. The van der Waals surface area contributed by atoms with Crippen molar-refractivity contribution in [3.63, 3.8) is 0 Å². The smallest absolute Gasteiger partial charge is 0.302 e. The minimum Gasteiger partial charge on any atom is -0.302 e. The number of benzene rings is 2. The van der Waals surface area contributed by atoms with E-state index in [4.69, 9.17) is 11.6 Å². The second-order valence-corrected chi connectivity index (χ2v) is 7.64. The van der Waals surface area contributed by atoms with Crippen LogP contribution in [0.4, 0.5) is 13.2 Å². The van der Waals surface area contributed by atoms with E-state index < -0.39 is 11.7 Å². The van der Waals surface area contributed by atoms with Crippen molar-refractivity contribution in [2.24, 2.45) is 5.10 Å². The molecule has 0 spiro atoms. The van der Waals surface area contributed by atoms with Gasteiger partial charge < -0.3 is 4.57 Å². The van der Waals surface area contributed by atoms with Crippen molar-refractivity contribution < 1.29 is 18.0 Å². The molecular formula is C20H17ClF3N5OS. The lowest BCUT2D eigenvalue weighted by Gasteiger charge is -2.07. The zero-order valence-corrected chi connectivity index (χ0v) is 17.8. The van der Waals surface area contributed by atoms with Crippen LogP contribution in [0, 0.1) is 0 Å². The summed E-state index contributed by atoms with van der Waals surface area (Å²) in [6.45, 7) is 2.56. The number of nitrogens with zero attached hydrogens (tertiary/aromatic N) is 4. The molecule has 3 aromatic rings. The highest BCUT2D eigenvalue weighted by molar-refractivity contribution is 7.99. The Balaban J connectivity index is 1.56. The Labute approximate surface area is 185 Å². The number of alkyl halides is 3. The van der Waals surface area contributed by atoms with Crippen molar-refractivity contribution in [3.05, 3.63) is 64.7 Å². The normalized spacial score (nSPS) is 11.8. The molecule has 0 saturated carbocycles. The van der Waals surface area contributed by atoms with Crippen LogP contribution in [0.1, 0.15) is 18.1 Å². The molecule has 6 nitrogen and oxygen atoms in total. The molecule has 0 aliphatic heterocycles. The summed E-state index contributed by atoms with van der Waals surface area (Å²) in [5, 5.41) is 13.3. The molecule has 0 aliphatic carbocycles. The molecule has 1 amide bonds. The van der Waals surface area contributed by atoms with Crippen LogP contribution in [0.15, 0.2) is 58.8 Å². The molecule has 1 aromatic heterocycles. The van der Waals surface area contributed by atoms with Crippen molar-refractivity contribution in [3.8, 4) is 11.4 Å². The Morgan fingerprint density at radius 1 is 1.16 bits per heavy atom. The number of nitrogens with one attached hydrogen (secondary N) is 1. The fraction of sp³-hybridized carbons (Fsp3) is 0.200. The average molecular weight is 468 g/mol. The van der Waals surface area contributed by atoms with Gasteiger partial charge in [-0.1, -0.05) is 35.5 Å². The number of hydrogen-bond acceptors (Lipinski definition) is 5. The molecule has 0 unspecified atom stereocenters. The highest BCUT2D eigenvalue weighted by Crippen LogP contribution is 2.29. The molecule has 0 atom stereocenters. The van der Waals surface area contributed by atoms with E-state index in [1.165, 1.54) is 30.1 Å². The Kier molecular flexibility index (Phi) is 7.34. The first kappa shape index (κ1) is 22.8. The van der Waals surface area contributed by atoms with Gasteiger partial charge in [0.25, 0.3) is 5.91 Å². The number of hydrogen-bond donors (Lipinski definition) is 1. The van der Waals surface area contributed by atoms with E-state index in [0.29, 0.717) is 28.1 Å². The van der Waals surface area contributed by atoms with Crippen molar-refractivity contribution in [2.45, 2.75) is 24.8 Å². The molecule has 0 bridgehead atoms. The zero-order valence-electron chi connectivity index (χ0n) is 16.2. The summed E-state index contributed by atoms with van der Waals surface area (Å²) in [6.07, 6.45) is -3.12. The predicted octanol–water partition coefficient (Wildman–Crippen LogP) is 4.88. The number of hydrazone groups is 1. The molecule has 1 heterocycles. The summed E-state index contributed by atoms with van der Waals surface area (Å²) in [4.78, 5) is 12.0. The largest absolute Gasteiger partial charge is 0.416 e. The van der Waals surface area contributed by atoms with E-state index >= 15 is 0 Å². The van der Waals surface area contributed by atoms with Gasteiger partial charge in [0.05, 0.1) is 17.5 Å². The second-order valence-electron chi connectivity index (χ2n) is 6.26. The third-order valence-corrected chi connectivity index (χ3v) is 5.33. The van der Waals surface area contributed by atoms with E-state index in [2.05, 4.69) is 20.7 Å². The fourth-order valence-corrected chi connectivity index (χ4v) is 3.51. The molecule has 0 fully saturated rings. The van der Waals surface area contributed by atoms with Gasteiger partial charge in [0.2, 0.25) is 0 Å². The van der Waals surface area contributed by atoms with E-state index in [-0.39, 0.29) is 11.7 Å². The number of rotatable bonds is 7. The van der Waals surface area contributed by atoms with E-state index in [1.54, 1.807) is 12.1 Å². The Morgan fingerprint density at radius 3 is 2.45 bits per heavy atom. The lowest BCUT2D eigenvalue weighted by Crippen LogP contribution is -2.20. The van der Waals surface area contributed by atoms with Gasteiger partial charge in [-0.05, 0) is 48.9 Å². The number of carbonyl (C=O) groups excluding carboxylic acids is 1. The van der Waals surface area contributed by atoms with E-state index in [9.17, 15) is 18.0 Å². The molecule has 162 valence electrons. The monoisotopic (exact) mass is 467 g/mol. The first-order valence-electron chi connectivity index (χ1n) is 9.09.